The molecule has 1 heterocycles. The van der Waals surface area contributed by atoms with Crippen LogP contribution < -0.4 is 5.73 Å². The third kappa shape index (κ3) is 3.16. The van der Waals surface area contributed by atoms with Crippen LogP contribution in [0.3, 0.4) is 0 Å². The van der Waals surface area contributed by atoms with Crippen molar-refractivity contribution in [3.8, 4) is 0 Å². The van der Waals surface area contributed by atoms with Crippen molar-refractivity contribution in [2.24, 2.45) is 0 Å². The van der Waals surface area contributed by atoms with Crippen LogP contribution in [0.4, 0.5) is 5.69 Å². The number of carbonyl (C=O) groups is 2. The van der Waals surface area contributed by atoms with Crippen molar-refractivity contribution in [1.29, 1.82) is 0 Å². The summed E-state index contributed by atoms with van der Waals surface area (Å²) in [6.07, 6.45) is 0. The van der Waals surface area contributed by atoms with Crippen LogP contribution in [-0.2, 0) is 4.79 Å². The molecule has 1 unspecified atom stereocenters. The second-order valence-corrected chi connectivity index (χ2v) is 5.36. The molecule has 0 aliphatic carbocycles. The number of hydrogen-bond donors (Lipinski definition) is 2. The summed E-state index contributed by atoms with van der Waals surface area (Å²) in [5, 5.41) is 9.02. The lowest BCUT2D eigenvalue weighted by Gasteiger charge is -2.36. The number of carboxylic acids is 1. The maximum atomic E-state index is 12.5. The maximum Gasteiger partial charge on any atom is 0.320 e. The number of hydrogen-bond acceptors (Lipinski definition) is 4. The number of nitrogens with zero attached hydrogens (tertiary/aromatic N) is 2. The second-order valence-electron chi connectivity index (χ2n) is 5.36. The van der Waals surface area contributed by atoms with E-state index < -0.39 is 12.0 Å². The normalized spacial score (nSPS) is 17.5. The zero-order valence-corrected chi connectivity index (χ0v) is 12.4. The highest BCUT2D eigenvalue weighted by atomic mass is 16.4. The van der Waals surface area contributed by atoms with Gasteiger partial charge >= 0.3 is 5.97 Å². The van der Waals surface area contributed by atoms with Crippen molar-refractivity contribution in [3.05, 3.63) is 29.3 Å². The molecule has 0 spiro atoms. The monoisotopic (exact) mass is 291 g/mol. The van der Waals surface area contributed by atoms with Gasteiger partial charge in [-0.1, -0.05) is 6.07 Å². The Bertz CT molecular complexity index is 551. The Hall–Kier alpha value is -2.08. The molecule has 6 heteroatoms. The minimum atomic E-state index is -0.832. The topological polar surface area (TPSA) is 86.9 Å². The third-order valence-electron chi connectivity index (χ3n) is 4.11. The predicted octanol–water partition coefficient (Wildman–Crippen LogP) is 0.808. The number of carbonyl (C=O) groups excluding carboxylic acids is 1. The van der Waals surface area contributed by atoms with Crippen LogP contribution >= 0.6 is 0 Å². The fourth-order valence-electron chi connectivity index (χ4n) is 2.52. The van der Waals surface area contributed by atoms with E-state index in [2.05, 4.69) is 0 Å². The van der Waals surface area contributed by atoms with E-state index in [4.69, 9.17) is 10.8 Å². The molecule has 0 aromatic heterocycles. The molecule has 3 N–H and O–H groups in total. The summed E-state index contributed by atoms with van der Waals surface area (Å²) < 4.78 is 0. The molecule has 0 saturated carbocycles. The van der Waals surface area contributed by atoms with Gasteiger partial charge in [0.2, 0.25) is 0 Å². The lowest BCUT2D eigenvalue weighted by molar-refractivity contribution is -0.143. The summed E-state index contributed by atoms with van der Waals surface area (Å²) in [4.78, 5) is 27.1. The number of nitrogens with two attached hydrogens (primary N) is 1. The van der Waals surface area contributed by atoms with Crippen LogP contribution in [0.5, 0.6) is 0 Å². The molecule has 2 rings (SSSR count). The number of piperazine rings is 1. The van der Waals surface area contributed by atoms with E-state index in [1.54, 1.807) is 30.0 Å². The molecule has 1 aromatic rings. The van der Waals surface area contributed by atoms with Crippen molar-refractivity contribution in [2.45, 2.75) is 19.9 Å². The highest BCUT2D eigenvalue weighted by Crippen LogP contribution is 2.18. The minimum absolute atomic E-state index is 0.0394. The number of anilines is 1. The summed E-state index contributed by atoms with van der Waals surface area (Å²) in [6, 6.07) is 4.81. The van der Waals surface area contributed by atoms with Crippen molar-refractivity contribution < 1.29 is 14.7 Å². The molecule has 1 fully saturated rings. The van der Waals surface area contributed by atoms with Crippen molar-refractivity contribution in [2.75, 3.05) is 31.9 Å². The molecule has 0 bridgehead atoms. The van der Waals surface area contributed by atoms with E-state index >= 15 is 0 Å². The summed E-state index contributed by atoms with van der Waals surface area (Å²) in [6.45, 7) is 5.71. The van der Waals surface area contributed by atoms with E-state index in [-0.39, 0.29) is 5.91 Å². The fourth-order valence-corrected chi connectivity index (χ4v) is 2.52. The van der Waals surface area contributed by atoms with Crippen molar-refractivity contribution >= 4 is 17.6 Å². The Balaban J connectivity index is 2.04. The first-order valence-corrected chi connectivity index (χ1v) is 7.03. The number of aliphatic carboxylic acids is 1. The number of benzene rings is 1. The molecule has 0 radical (unpaired) electrons. The van der Waals surface area contributed by atoms with Gasteiger partial charge in [0.1, 0.15) is 6.04 Å². The summed E-state index contributed by atoms with van der Waals surface area (Å²) >= 11 is 0. The highest BCUT2D eigenvalue weighted by Gasteiger charge is 2.28. The van der Waals surface area contributed by atoms with Gasteiger partial charge in [0.25, 0.3) is 5.91 Å². The van der Waals surface area contributed by atoms with Crippen LogP contribution in [-0.4, -0.2) is 59.0 Å². The van der Waals surface area contributed by atoms with Crippen LogP contribution in [0.2, 0.25) is 0 Å². The fraction of sp³-hybridized carbons (Fsp3) is 0.467. The molecule has 114 valence electrons. The Morgan fingerprint density at radius 3 is 2.43 bits per heavy atom. The van der Waals surface area contributed by atoms with Gasteiger partial charge in [-0.05, 0) is 31.5 Å². The molecule has 1 atom stereocenters. The summed E-state index contributed by atoms with van der Waals surface area (Å²) in [5.74, 6) is -0.871. The van der Waals surface area contributed by atoms with E-state index in [0.717, 1.165) is 5.56 Å². The first-order valence-electron chi connectivity index (χ1n) is 7.03. The van der Waals surface area contributed by atoms with E-state index in [0.29, 0.717) is 37.4 Å². The highest BCUT2D eigenvalue weighted by molar-refractivity contribution is 5.97. The standard InChI is InChI=1S/C15H21N3O3/c1-10-12(4-3-5-13(10)16)14(19)18-8-6-17(7-9-18)11(2)15(20)21/h3-5,11H,6-9,16H2,1-2H3,(H,20,21). The van der Waals surface area contributed by atoms with Crippen LogP contribution in [0, 0.1) is 6.92 Å². The Labute approximate surface area is 124 Å². The molecule has 21 heavy (non-hydrogen) atoms. The first-order chi connectivity index (χ1) is 9.91. The van der Waals surface area contributed by atoms with E-state index in [1.807, 2.05) is 11.8 Å². The molecule has 1 aliphatic rings. The zero-order valence-electron chi connectivity index (χ0n) is 12.4. The molecule has 1 aromatic carbocycles. The molecular weight excluding hydrogens is 270 g/mol. The maximum absolute atomic E-state index is 12.5. The Morgan fingerprint density at radius 2 is 1.86 bits per heavy atom. The van der Waals surface area contributed by atoms with Gasteiger partial charge in [0, 0.05) is 37.4 Å². The molecule has 1 aliphatic heterocycles. The molecule has 1 amide bonds. The lowest BCUT2D eigenvalue weighted by Crippen LogP contribution is -2.53. The molecule has 6 nitrogen and oxygen atoms in total. The number of nitrogen functional groups attached to an aromatic ring is 1. The first kappa shape index (κ1) is 15.3. The van der Waals surface area contributed by atoms with Crippen LogP contribution in [0.25, 0.3) is 0 Å². The van der Waals surface area contributed by atoms with Crippen molar-refractivity contribution in [3.63, 3.8) is 0 Å². The largest absolute Gasteiger partial charge is 0.480 e. The zero-order chi connectivity index (χ0) is 15.6. The van der Waals surface area contributed by atoms with E-state index in [1.165, 1.54) is 0 Å². The van der Waals surface area contributed by atoms with Crippen molar-refractivity contribution in [1.82, 2.24) is 9.80 Å². The quantitative estimate of drug-likeness (QED) is 0.805. The van der Waals surface area contributed by atoms with Gasteiger partial charge in [-0.25, -0.2) is 0 Å². The van der Waals surface area contributed by atoms with Crippen LogP contribution in [0.15, 0.2) is 18.2 Å². The van der Waals surface area contributed by atoms with Gasteiger partial charge < -0.3 is 15.7 Å². The average Bonchev–Trinajstić information content (AvgIpc) is 2.48. The van der Waals surface area contributed by atoms with Gasteiger partial charge in [0.05, 0.1) is 0 Å². The SMILES string of the molecule is Cc1c(N)cccc1C(=O)N1CCN(C(C)C(=O)O)CC1. The Morgan fingerprint density at radius 1 is 1.24 bits per heavy atom. The van der Waals surface area contributed by atoms with Gasteiger partial charge in [-0.3, -0.25) is 14.5 Å². The molecule has 1 saturated heterocycles. The smallest absolute Gasteiger partial charge is 0.320 e. The third-order valence-corrected chi connectivity index (χ3v) is 4.11. The molecular formula is C15H21N3O3. The summed E-state index contributed by atoms with van der Waals surface area (Å²) in [7, 11) is 0. The number of rotatable bonds is 3. The van der Waals surface area contributed by atoms with Crippen LogP contribution in [0.1, 0.15) is 22.8 Å². The second kappa shape index (κ2) is 6.13. The van der Waals surface area contributed by atoms with E-state index in [9.17, 15) is 9.59 Å². The van der Waals surface area contributed by atoms with Gasteiger partial charge in [-0.15, -0.1) is 0 Å². The minimum Gasteiger partial charge on any atom is -0.480 e. The van der Waals surface area contributed by atoms with Gasteiger partial charge in [0.15, 0.2) is 0 Å². The predicted molar refractivity (Wildman–Crippen MR) is 80.2 cm³/mol. The number of amides is 1. The lowest BCUT2D eigenvalue weighted by atomic mass is 10.1. The van der Waals surface area contributed by atoms with Gasteiger partial charge in [-0.2, -0.15) is 0 Å². The summed E-state index contributed by atoms with van der Waals surface area (Å²) in [5.41, 5.74) is 7.86. The Kier molecular flexibility index (Phi) is 4.47. The number of carboxylic acid groups (broad SMARTS) is 1. The average molecular weight is 291 g/mol.